The van der Waals surface area contributed by atoms with Crippen molar-refractivity contribution in [2.75, 3.05) is 5.73 Å². The third-order valence-corrected chi connectivity index (χ3v) is 2.71. The van der Waals surface area contributed by atoms with E-state index < -0.39 is 5.97 Å². The maximum atomic E-state index is 11.8. The van der Waals surface area contributed by atoms with Crippen molar-refractivity contribution in [3.05, 3.63) is 58.3 Å². The SMILES string of the molecule is Nc1cc(Br)cc(C(=O)OCc2cccnc2)c1. The van der Waals surface area contributed by atoms with Gasteiger partial charge in [-0.15, -0.1) is 0 Å². The maximum absolute atomic E-state index is 11.8. The Labute approximate surface area is 113 Å². The normalized spacial score (nSPS) is 10.1. The second kappa shape index (κ2) is 5.64. The number of carbonyl (C=O) groups is 1. The second-order valence-electron chi connectivity index (χ2n) is 3.71. The van der Waals surface area contributed by atoms with Crippen molar-refractivity contribution in [1.82, 2.24) is 4.98 Å². The minimum absolute atomic E-state index is 0.194. The molecule has 0 bridgehead atoms. The predicted octanol–water partition coefficient (Wildman–Crippen LogP) is 2.78. The standard InChI is InChI=1S/C13H11BrN2O2/c14-11-4-10(5-12(15)6-11)13(17)18-8-9-2-1-3-16-7-9/h1-7H,8,15H2. The van der Waals surface area contributed by atoms with Crippen molar-refractivity contribution in [3.63, 3.8) is 0 Å². The Morgan fingerprint density at radius 3 is 2.89 bits per heavy atom. The Balaban J connectivity index is 2.04. The number of nitrogen functional groups attached to an aromatic ring is 1. The third-order valence-electron chi connectivity index (χ3n) is 2.25. The molecule has 1 aromatic carbocycles. The van der Waals surface area contributed by atoms with E-state index in [9.17, 15) is 4.79 Å². The van der Waals surface area contributed by atoms with E-state index in [2.05, 4.69) is 20.9 Å². The highest BCUT2D eigenvalue weighted by Crippen LogP contribution is 2.18. The van der Waals surface area contributed by atoms with Gasteiger partial charge in [0.25, 0.3) is 0 Å². The minimum atomic E-state index is -0.410. The van der Waals surface area contributed by atoms with Gasteiger partial charge in [-0.2, -0.15) is 0 Å². The quantitative estimate of drug-likeness (QED) is 0.699. The molecular weight excluding hydrogens is 296 g/mol. The molecule has 5 heteroatoms. The molecule has 0 saturated heterocycles. The summed E-state index contributed by atoms with van der Waals surface area (Å²) >= 11 is 3.28. The van der Waals surface area contributed by atoms with E-state index in [1.807, 2.05) is 6.07 Å². The number of anilines is 1. The molecule has 0 amide bonds. The molecule has 0 aliphatic heterocycles. The molecular formula is C13H11BrN2O2. The molecule has 2 rings (SSSR count). The maximum Gasteiger partial charge on any atom is 0.338 e. The molecule has 0 fully saturated rings. The molecule has 1 heterocycles. The third kappa shape index (κ3) is 3.30. The lowest BCUT2D eigenvalue weighted by Gasteiger charge is -2.06. The van der Waals surface area contributed by atoms with Gasteiger partial charge in [-0.1, -0.05) is 22.0 Å². The van der Waals surface area contributed by atoms with E-state index in [0.29, 0.717) is 11.3 Å². The fourth-order valence-electron chi connectivity index (χ4n) is 1.45. The fraction of sp³-hybridized carbons (Fsp3) is 0.0769. The molecule has 0 saturated carbocycles. The Morgan fingerprint density at radius 1 is 1.39 bits per heavy atom. The molecule has 0 aliphatic carbocycles. The van der Waals surface area contributed by atoms with Gasteiger partial charge in [-0.25, -0.2) is 4.79 Å². The lowest BCUT2D eigenvalue weighted by atomic mass is 10.2. The summed E-state index contributed by atoms with van der Waals surface area (Å²) in [6.45, 7) is 0.194. The summed E-state index contributed by atoms with van der Waals surface area (Å²) in [5, 5.41) is 0. The van der Waals surface area contributed by atoms with Gasteiger partial charge < -0.3 is 10.5 Å². The minimum Gasteiger partial charge on any atom is -0.457 e. The highest BCUT2D eigenvalue weighted by atomic mass is 79.9. The van der Waals surface area contributed by atoms with Crippen molar-refractivity contribution in [2.24, 2.45) is 0 Å². The summed E-state index contributed by atoms with van der Waals surface area (Å²) in [6.07, 6.45) is 3.32. The topological polar surface area (TPSA) is 65.2 Å². The summed E-state index contributed by atoms with van der Waals surface area (Å²) in [4.78, 5) is 15.7. The van der Waals surface area contributed by atoms with Crippen molar-refractivity contribution in [2.45, 2.75) is 6.61 Å². The van der Waals surface area contributed by atoms with Crippen LogP contribution in [0.25, 0.3) is 0 Å². The van der Waals surface area contributed by atoms with Gasteiger partial charge in [-0.3, -0.25) is 4.98 Å². The van der Waals surface area contributed by atoms with Crippen LogP contribution < -0.4 is 5.73 Å². The number of carbonyl (C=O) groups excluding carboxylic acids is 1. The highest BCUT2D eigenvalue weighted by Gasteiger charge is 2.09. The van der Waals surface area contributed by atoms with Gasteiger partial charge in [0.2, 0.25) is 0 Å². The van der Waals surface area contributed by atoms with E-state index in [4.69, 9.17) is 10.5 Å². The Morgan fingerprint density at radius 2 is 2.22 bits per heavy atom. The zero-order chi connectivity index (χ0) is 13.0. The molecule has 0 spiro atoms. The molecule has 0 atom stereocenters. The van der Waals surface area contributed by atoms with Crippen LogP contribution >= 0.6 is 15.9 Å². The van der Waals surface area contributed by atoms with Crippen LogP contribution in [-0.2, 0) is 11.3 Å². The van der Waals surface area contributed by atoms with Crippen LogP contribution in [0.15, 0.2) is 47.2 Å². The molecule has 0 radical (unpaired) electrons. The van der Waals surface area contributed by atoms with E-state index >= 15 is 0 Å². The van der Waals surface area contributed by atoms with Crippen molar-refractivity contribution in [1.29, 1.82) is 0 Å². The molecule has 0 aliphatic rings. The smallest absolute Gasteiger partial charge is 0.338 e. The summed E-state index contributed by atoms with van der Waals surface area (Å²) in [6, 6.07) is 8.60. The number of halogens is 1. The monoisotopic (exact) mass is 306 g/mol. The second-order valence-corrected chi connectivity index (χ2v) is 4.63. The number of ether oxygens (including phenoxy) is 1. The molecule has 92 valence electrons. The number of nitrogens with zero attached hydrogens (tertiary/aromatic N) is 1. The average Bonchev–Trinajstić information content (AvgIpc) is 2.36. The van der Waals surface area contributed by atoms with Crippen LogP contribution in [0.4, 0.5) is 5.69 Å². The lowest BCUT2D eigenvalue weighted by molar-refractivity contribution is 0.0472. The molecule has 2 aromatic rings. The van der Waals surface area contributed by atoms with Gasteiger partial charge in [0, 0.05) is 28.1 Å². The highest BCUT2D eigenvalue weighted by molar-refractivity contribution is 9.10. The summed E-state index contributed by atoms with van der Waals surface area (Å²) in [5.41, 5.74) is 7.43. The number of hydrogen-bond acceptors (Lipinski definition) is 4. The van der Waals surface area contributed by atoms with Crippen LogP contribution in [0, 0.1) is 0 Å². The summed E-state index contributed by atoms with van der Waals surface area (Å²) < 4.78 is 5.91. The Kier molecular flexibility index (Phi) is 3.94. The zero-order valence-corrected chi connectivity index (χ0v) is 11.1. The number of nitrogens with two attached hydrogens (primary N) is 1. The number of esters is 1. The van der Waals surface area contributed by atoms with E-state index in [0.717, 1.165) is 10.0 Å². The van der Waals surface area contributed by atoms with Crippen molar-refractivity contribution in [3.8, 4) is 0 Å². The first kappa shape index (κ1) is 12.6. The van der Waals surface area contributed by atoms with E-state index in [1.54, 1.807) is 36.7 Å². The molecule has 2 N–H and O–H groups in total. The number of pyridine rings is 1. The first-order chi connectivity index (χ1) is 8.65. The number of aromatic nitrogens is 1. The van der Waals surface area contributed by atoms with Crippen LogP contribution in [-0.4, -0.2) is 11.0 Å². The average molecular weight is 307 g/mol. The largest absolute Gasteiger partial charge is 0.457 e. The lowest BCUT2D eigenvalue weighted by Crippen LogP contribution is -2.06. The van der Waals surface area contributed by atoms with Crippen LogP contribution in [0.3, 0.4) is 0 Å². The van der Waals surface area contributed by atoms with E-state index in [-0.39, 0.29) is 6.61 Å². The van der Waals surface area contributed by atoms with E-state index in [1.165, 1.54) is 0 Å². The van der Waals surface area contributed by atoms with Gasteiger partial charge >= 0.3 is 5.97 Å². The molecule has 4 nitrogen and oxygen atoms in total. The summed E-state index contributed by atoms with van der Waals surface area (Å²) in [7, 11) is 0. The first-order valence-electron chi connectivity index (χ1n) is 5.27. The van der Waals surface area contributed by atoms with Gasteiger partial charge in [0.1, 0.15) is 6.61 Å². The zero-order valence-electron chi connectivity index (χ0n) is 9.47. The Hall–Kier alpha value is -1.88. The number of benzene rings is 1. The summed E-state index contributed by atoms with van der Waals surface area (Å²) in [5.74, 6) is -0.410. The number of rotatable bonds is 3. The van der Waals surface area contributed by atoms with Crippen LogP contribution in [0.2, 0.25) is 0 Å². The van der Waals surface area contributed by atoms with Gasteiger partial charge in [0.15, 0.2) is 0 Å². The Bertz CT molecular complexity index is 538. The molecule has 1 aromatic heterocycles. The fourth-order valence-corrected chi connectivity index (χ4v) is 1.96. The van der Waals surface area contributed by atoms with Crippen LogP contribution in [0.5, 0.6) is 0 Å². The number of hydrogen-bond donors (Lipinski definition) is 1. The van der Waals surface area contributed by atoms with Gasteiger partial charge in [-0.05, 0) is 24.3 Å². The van der Waals surface area contributed by atoms with Gasteiger partial charge in [0.05, 0.1) is 5.56 Å². The van der Waals surface area contributed by atoms with Crippen molar-refractivity contribution < 1.29 is 9.53 Å². The first-order valence-corrected chi connectivity index (χ1v) is 6.06. The van der Waals surface area contributed by atoms with Crippen molar-refractivity contribution >= 4 is 27.6 Å². The van der Waals surface area contributed by atoms with Crippen LogP contribution in [0.1, 0.15) is 15.9 Å². The predicted molar refractivity (Wildman–Crippen MR) is 71.9 cm³/mol. The molecule has 0 unspecified atom stereocenters. The molecule has 18 heavy (non-hydrogen) atoms.